The highest BCUT2D eigenvalue weighted by Crippen LogP contribution is 2.23. The SMILES string of the molecule is CCc1nn(CCCC(=O)N2CCCCC2)c(=O)c2cc3oc(C)cc3n12. The second kappa shape index (κ2) is 7.21. The summed E-state index contributed by atoms with van der Waals surface area (Å²) in [5.74, 6) is 1.83. The van der Waals surface area contributed by atoms with E-state index < -0.39 is 0 Å². The first-order valence-electron chi connectivity index (χ1n) is 9.88. The predicted octanol–water partition coefficient (Wildman–Crippen LogP) is 2.91. The van der Waals surface area contributed by atoms with E-state index in [1.54, 1.807) is 6.07 Å². The molecule has 0 aliphatic carbocycles. The molecule has 1 amide bonds. The summed E-state index contributed by atoms with van der Waals surface area (Å²) < 4.78 is 9.08. The van der Waals surface area contributed by atoms with E-state index >= 15 is 0 Å². The molecule has 4 heterocycles. The van der Waals surface area contributed by atoms with Gasteiger partial charge in [0.1, 0.15) is 17.1 Å². The number of furan rings is 1. The molecule has 0 unspecified atom stereocenters. The summed E-state index contributed by atoms with van der Waals surface area (Å²) in [7, 11) is 0. The fourth-order valence-corrected chi connectivity index (χ4v) is 3.97. The fourth-order valence-electron chi connectivity index (χ4n) is 3.97. The van der Waals surface area contributed by atoms with Crippen LogP contribution in [0.25, 0.3) is 16.6 Å². The molecule has 0 spiro atoms. The van der Waals surface area contributed by atoms with Gasteiger partial charge in [0.05, 0.1) is 5.52 Å². The second-order valence-corrected chi connectivity index (χ2v) is 7.31. The molecule has 27 heavy (non-hydrogen) atoms. The molecule has 0 aromatic carbocycles. The van der Waals surface area contributed by atoms with Crippen molar-refractivity contribution in [1.29, 1.82) is 0 Å². The molecule has 3 aromatic heterocycles. The molecular formula is C20H26N4O3. The van der Waals surface area contributed by atoms with Crippen LogP contribution in [0.15, 0.2) is 21.3 Å². The largest absolute Gasteiger partial charge is 0.460 e. The van der Waals surface area contributed by atoms with E-state index in [1.165, 1.54) is 11.1 Å². The Hall–Kier alpha value is -2.57. The molecule has 0 saturated carbocycles. The summed E-state index contributed by atoms with van der Waals surface area (Å²) in [6, 6.07) is 3.73. The summed E-state index contributed by atoms with van der Waals surface area (Å²) in [5.41, 5.74) is 2.04. The summed E-state index contributed by atoms with van der Waals surface area (Å²) >= 11 is 0. The molecule has 1 aliphatic heterocycles. The lowest BCUT2D eigenvalue weighted by Gasteiger charge is -2.26. The number of carbonyl (C=O) groups is 1. The highest BCUT2D eigenvalue weighted by atomic mass is 16.3. The smallest absolute Gasteiger partial charge is 0.291 e. The van der Waals surface area contributed by atoms with Crippen LogP contribution in [-0.2, 0) is 17.8 Å². The third kappa shape index (κ3) is 3.26. The molecule has 1 saturated heterocycles. The van der Waals surface area contributed by atoms with Crippen molar-refractivity contribution < 1.29 is 9.21 Å². The zero-order valence-electron chi connectivity index (χ0n) is 16.0. The molecule has 0 bridgehead atoms. The molecular weight excluding hydrogens is 344 g/mol. The zero-order chi connectivity index (χ0) is 19.0. The van der Waals surface area contributed by atoms with Crippen molar-refractivity contribution in [2.45, 2.75) is 58.9 Å². The molecule has 4 rings (SSSR count). The summed E-state index contributed by atoms with van der Waals surface area (Å²) in [6.45, 7) is 6.10. The van der Waals surface area contributed by atoms with Crippen LogP contribution in [0.2, 0.25) is 0 Å². The van der Waals surface area contributed by atoms with E-state index in [2.05, 4.69) is 5.10 Å². The molecule has 1 fully saturated rings. The number of hydrogen-bond donors (Lipinski definition) is 0. The van der Waals surface area contributed by atoms with Gasteiger partial charge in [-0.1, -0.05) is 6.92 Å². The van der Waals surface area contributed by atoms with Gasteiger partial charge in [-0.05, 0) is 32.6 Å². The lowest BCUT2D eigenvalue weighted by Crippen LogP contribution is -2.35. The number of rotatable bonds is 5. The van der Waals surface area contributed by atoms with Gasteiger partial charge in [0.2, 0.25) is 5.91 Å². The maximum absolute atomic E-state index is 12.9. The van der Waals surface area contributed by atoms with E-state index in [4.69, 9.17) is 4.42 Å². The van der Waals surface area contributed by atoms with Gasteiger partial charge in [0.25, 0.3) is 5.56 Å². The highest BCUT2D eigenvalue weighted by Gasteiger charge is 2.18. The molecule has 0 N–H and O–H groups in total. The first kappa shape index (κ1) is 17.8. The van der Waals surface area contributed by atoms with Gasteiger partial charge in [-0.25, -0.2) is 4.68 Å². The Morgan fingerprint density at radius 2 is 1.96 bits per heavy atom. The van der Waals surface area contributed by atoms with Gasteiger partial charge in [0, 0.05) is 44.6 Å². The predicted molar refractivity (Wildman–Crippen MR) is 103 cm³/mol. The normalized spacial score (nSPS) is 15.1. The highest BCUT2D eigenvalue weighted by molar-refractivity contribution is 5.83. The van der Waals surface area contributed by atoms with Crippen molar-refractivity contribution >= 4 is 22.5 Å². The Bertz CT molecular complexity index is 1040. The van der Waals surface area contributed by atoms with Gasteiger partial charge < -0.3 is 9.32 Å². The van der Waals surface area contributed by atoms with Gasteiger partial charge in [-0.2, -0.15) is 5.10 Å². The zero-order valence-corrected chi connectivity index (χ0v) is 16.0. The Morgan fingerprint density at radius 1 is 1.19 bits per heavy atom. The van der Waals surface area contributed by atoms with E-state index in [1.807, 2.05) is 29.2 Å². The molecule has 3 aromatic rings. The number of hydrogen-bond acceptors (Lipinski definition) is 4. The molecule has 7 nitrogen and oxygen atoms in total. The van der Waals surface area contributed by atoms with Gasteiger partial charge >= 0.3 is 0 Å². The summed E-state index contributed by atoms with van der Waals surface area (Å²) in [4.78, 5) is 27.1. The van der Waals surface area contributed by atoms with Gasteiger partial charge in [0.15, 0.2) is 5.58 Å². The summed E-state index contributed by atoms with van der Waals surface area (Å²) in [5, 5.41) is 4.56. The van der Waals surface area contributed by atoms with Crippen LogP contribution in [0.4, 0.5) is 0 Å². The number of piperidine rings is 1. The summed E-state index contributed by atoms with van der Waals surface area (Å²) in [6.07, 6.45) is 5.19. The average Bonchev–Trinajstić information content (AvgIpc) is 3.20. The number of nitrogens with zero attached hydrogens (tertiary/aromatic N) is 4. The Balaban J connectivity index is 1.56. The van der Waals surface area contributed by atoms with Crippen LogP contribution in [-0.4, -0.2) is 38.1 Å². The number of carbonyl (C=O) groups excluding carboxylic acids is 1. The minimum atomic E-state index is -0.137. The van der Waals surface area contributed by atoms with E-state index in [-0.39, 0.29) is 11.5 Å². The minimum Gasteiger partial charge on any atom is -0.460 e. The van der Waals surface area contributed by atoms with Crippen LogP contribution in [0.3, 0.4) is 0 Å². The maximum atomic E-state index is 12.9. The monoisotopic (exact) mass is 370 g/mol. The number of likely N-dealkylation sites (tertiary alicyclic amines) is 1. The van der Waals surface area contributed by atoms with Crippen LogP contribution < -0.4 is 5.56 Å². The number of aromatic nitrogens is 3. The lowest BCUT2D eigenvalue weighted by atomic mass is 10.1. The first-order valence-corrected chi connectivity index (χ1v) is 9.88. The minimum absolute atomic E-state index is 0.137. The van der Waals surface area contributed by atoms with Crippen LogP contribution in [0.5, 0.6) is 0 Å². The lowest BCUT2D eigenvalue weighted by molar-refractivity contribution is -0.132. The van der Waals surface area contributed by atoms with Crippen LogP contribution in [0.1, 0.15) is 50.6 Å². The van der Waals surface area contributed by atoms with Crippen molar-refractivity contribution in [2.24, 2.45) is 0 Å². The van der Waals surface area contributed by atoms with E-state index in [0.29, 0.717) is 36.9 Å². The van der Waals surface area contributed by atoms with Crippen LogP contribution >= 0.6 is 0 Å². The molecule has 7 heteroatoms. The molecule has 1 aliphatic rings. The topological polar surface area (TPSA) is 72.8 Å². The Morgan fingerprint density at radius 3 is 2.70 bits per heavy atom. The third-order valence-corrected chi connectivity index (χ3v) is 5.35. The van der Waals surface area contributed by atoms with Gasteiger partial charge in [-0.3, -0.25) is 14.0 Å². The Labute approximate surface area is 157 Å². The first-order chi connectivity index (χ1) is 13.1. The van der Waals surface area contributed by atoms with Crippen molar-refractivity contribution in [3.8, 4) is 0 Å². The molecule has 144 valence electrons. The molecule has 0 radical (unpaired) electrons. The third-order valence-electron chi connectivity index (χ3n) is 5.35. The Kier molecular flexibility index (Phi) is 4.76. The van der Waals surface area contributed by atoms with E-state index in [9.17, 15) is 9.59 Å². The van der Waals surface area contributed by atoms with Crippen LogP contribution in [0, 0.1) is 6.92 Å². The number of aryl methyl sites for hydroxylation is 3. The van der Waals surface area contributed by atoms with Gasteiger partial charge in [-0.15, -0.1) is 0 Å². The second-order valence-electron chi connectivity index (χ2n) is 7.31. The van der Waals surface area contributed by atoms with Crippen molar-refractivity contribution in [1.82, 2.24) is 19.1 Å². The molecule has 0 atom stereocenters. The average molecular weight is 370 g/mol. The standard InChI is InChI=1S/C20H26N4O3/c1-3-18-21-23(11-7-8-19(25)22-9-5-4-6-10-22)20(26)16-13-17-15(24(16)18)12-14(2)27-17/h12-13H,3-11H2,1-2H3. The number of fused-ring (bicyclic) bond motifs is 3. The van der Waals surface area contributed by atoms with Crippen molar-refractivity contribution in [3.05, 3.63) is 34.1 Å². The number of amides is 1. The maximum Gasteiger partial charge on any atom is 0.291 e. The van der Waals surface area contributed by atoms with Crippen molar-refractivity contribution in [3.63, 3.8) is 0 Å². The quantitative estimate of drug-likeness (QED) is 0.692. The van der Waals surface area contributed by atoms with Crippen molar-refractivity contribution in [2.75, 3.05) is 13.1 Å². The fraction of sp³-hybridized carbons (Fsp3) is 0.550. The van der Waals surface area contributed by atoms with E-state index in [0.717, 1.165) is 43.0 Å².